The molecule has 0 radical (unpaired) electrons. The van der Waals surface area contributed by atoms with Crippen LogP contribution in [0.3, 0.4) is 0 Å². The first-order valence-corrected chi connectivity index (χ1v) is 10.1. The van der Waals surface area contributed by atoms with Crippen LogP contribution in [-0.2, 0) is 10.0 Å². The third kappa shape index (κ3) is 4.71. The minimum atomic E-state index is -3.54. The summed E-state index contributed by atoms with van der Waals surface area (Å²) in [5.41, 5.74) is 1.47. The van der Waals surface area contributed by atoms with Gasteiger partial charge in [-0.3, -0.25) is 4.72 Å². The molecule has 3 rings (SSSR count). The summed E-state index contributed by atoms with van der Waals surface area (Å²) in [7, 11) is 0.125. The molecule has 3 aromatic rings. The molecule has 0 aliphatic heterocycles. The Bertz CT molecular complexity index is 1200. The molecule has 2 heterocycles. The highest BCUT2D eigenvalue weighted by molar-refractivity contribution is 7.92. The fourth-order valence-electron chi connectivity index (χ4n) is 2.34. The Hall–Kier alpha value is -3.85. The van der Waals surface area contributed by atoms with E-state index in [-0.39, 0.29) is 28.7 Å². The van der Waals surface area contributed by atoms with Gasteiger partial charge in [0.05, 0.1) is 18.1 Å². The molecule has 2 aromatic heterocycles. The molecule has 1 N–H and O–H groups in total. The average Bonchev–Trinajstić information content (AvgIpc) is 3.09. The molecule has 0 saturated carbocycles. The molecule has 0 saturated heterocycles. The van der Waals surface area contributed by atoms with Crippen molar-refractivity contribution >= 4 is 32.9 Å². The molecule has 0 fully saturated rings. The quantitative estimate of drug-likeness (QED) is 0.614. The van der Waals surface area contributed by atoms with Gasteiger partial charge >= 0.3 is 0 Å². The van der Waals surface area contributed by atoms with Crippen LogP contribution in [0.15, 0.2) is 53.1 Å². The number of sulfonamides is 1. The molecule has 12 heteroatoms. The van der Waals surface area contributed by atoms with E-state index in [0.717, 1.165) is 11.9 Å². The number of hydrogen-bond acceptors (Lipinski definition) is 9. The third-order valence-electron chi connectivity index (χ3n) is 3.65. The summed E-state index contributed by atoms with van der Waals surface area (Å²) < 4.78 is 27.2. The van der Waals surface area contributed by atoms with Crippen LogP contribution < -0.4 is 9.62 Å². The summed E-state index contributed by atoms with van der Waals surface area (Å²) in [5.74, 6) is 0.348. The van der Waals surface area contributed by atoms with Gasteiger partial charge in [0, 0.05) is 32.2 Å². The number of nitrogens with one attached hydrogen (secondary N) is 1. The molecule has 0 atom stereocenters. The van der Waals surface area contributed by atoms with Gasteiger partial charge in [-0.1, -0.05) is 0 Å². The monoisotopic (exact) mass is 411 g/mol. The topological polar surface area (TPSA) is 142 Å². The molecule has 0 aliphatic carbocycles. The summed E-state index contributed by atoms with van der Waals surface area (Å²) in [5, 5.41) is 21.7. The van der Waals surface area contributed by atoms with Crippen molar-refractivity contribution in [3.63, 3.8) is 0 Å². The second-order valence-electron chi connectivity index (χ2n) is 6.12. The van der Waals surface area contributed by atoms with Crippen molar-refractivity contribution < 1.29 is 8.42 Å². The lowest BCUT2D eigenvalue weighted by Crippen LogP contribution is -2.12. The number of anilines is 2. The number of rotatable bonds is 6. The maximum atomic E-state index is 11.7. The van der Waals surface area contributed by atoms with Crippen LogP contribution in [0.4, 0.5) is 22.9 Å². The first-order valence-electron chi connectivity index (χ1n) is 8.25. The van der Waals surface area contributed by atoms with Gasteiger partial charge in [0.25, 0.3) is 5.95 Å². The Balaban J connectivity index is 2.07. The summed E-state index contributed by atoms with van der Waals surface area (Å²) >= 11 is 0. The second-order valence-corrected chi connectivity index (χ2v) is 7.87. The number of aromatic nitrogens is 4. The Morgan fingerprint density at radius 3 is 2.55 bits per heavy atom. The predicted octanol–water partition coefficient (Wildman–Crippen LogP) is 2.39. The van der Waals surface area contributed by atoms with Crippen molar-refractivity contribution in [3.8, 4) is 12.0 Å². The van der Waals surface area contributed by atoms with E-state index >= 15 is 0 Å². The molecule has 1 aromatic carbocycles. The Labute approximate surface area is 167 Å². The highest BCUT2D eigenvalue weighted by Gasteiger charge is 2.15. The van der Waals surface area contributed by atoms with E-state index in [1.54, 1.807) is 24.3 Å². The number of hydrogen-bond donors (Lipinski definition) is 1. The molecular formula is C17H17N9O2S. The molecule has 148 valence electrons. The predicted molar refractivity (Wildman–Crippen MR) is 107 cm³/mol. The number of azo groups is 1. The summed E-state index contributed by atoms with van der Waals surface area (Å²) in [4.78, 5) is 10.0. The number of nitrogens with zero attached hydrogens (tertiary/aromatic N) is 8. The number of nitriles is 1. The van der Waals surface area contributed by atoms with Crippen molar-refractivity contribution in [2.75, 3.05) is 30.0 Å². The zero-order valence-corrected chi connectivity index (χ0v) is 16.7. The van der Waals surface area contributed by atoms with Gasteiger partial charge in [0.15, 0.2) is 5.82 Å². The van der Waals surface area contributed by atoms with Crippen LogP contribution in [0.5, 0.6) is 0 Å². The highest BCUT2D eigenvalue weighted by Crippen LogP contribution is 2.32. The van der Waals surface area contributed by atoms with Crippen molar-refractivity contribution in [3.05, 3.63) is 48.4 Å². The van der Waals surface area contributed by atoms with E-state index < -0.39 is 10.0 Å². The van der Waals surface area contributed by atoms with Crippen molar-refractivity contribution in [1.29, 1.82) is 5.26 Å². The molecule has 0 spiro atoms. The Kier molecular flexibility index (Phi) is 5.51. The van der Waals surface area contributed by atoms with Crippen molar-refractivity contribution in [2.45, 2.75) is 0 Å². The van der Waals surface area contributed by atoms with Crippen LogP contribution in [0.1, 0.15) is 5.56 Å². The number of benzene rings is 1. The fourth-order valence-corrected chi connectivity index (χ4v) is 2.90. The van der Waals surface area contributed by atoms with Gasteiger partial charge in [-0.2, -0.15) is 15.0 Å². The van der Waals surface area contributed by atoms with E-state index in [9.17, 15) is 13.7 Å². The minimum Gasteiger partial charge on any atom is -0.378 e. The van der Waals surface area contributed by atoms with Crippen LogP contribution in [-0.4, -0.2) is 48.5 Å². The Morgan fingerprint density at radius 2 is 1.93 bits per heavy atom. The van der Waals surface area contributed by atoms with Gasteiger partial charge < -0.3 is 4.90 Å². The largest absolute Gasteiger partial charge is 0.378 e. The molecule has 0 aliphatic rings. The normalized spacial score (nSPS) is 11.4. The highest BCUT2D eigenvalue weighted by atomic mass is 32.2. The zero-order chi connectivity index (χ0) is 21.0. The summed E-state index contributed by atoms with van der Waals surface area (Å²) in [6.07, 6.45) is 5.44. The van der Waals surface area contributed by atoms with Crippen molar-refractivity contribution in [1.82, 2.24) is 19.7 Å². The summed E-state index contributed by atoms with van der Waals surface area (Å²) in [6, 6.07) is 8.66. The SMILES string of the molecule is CN(C)c1ccc(N=Nc2c(C#N)cnn2-c2ncccn2)c(NS(C)(=O)=O)c1. The Morgan fingerprint density at radius 1 is 1.21 bits per heavy atom. The van der Waals surface area contributed by atoms with Gasteiger partial charge in [0.2, 0.25) is 10.0 Å². The van der Waals surface area contributed by atoms with E-state index in [0.29, 0.717) is 0 Å². The van der Waals surface area contributed by atoms with Crippen LogP contribution >= 0.6 is 0 Å². The lowest BCUT2D eigenvalue weighted by atomic mass is 10.2. The average molecular weight is 411 g/mol. The summed E-state index contributed by atoms with van der Waals surface area (Å²) in [6.45, 7) is 0. The van der Waals surface area contributed by atoms with Gasteiger partial charge in [0.1, 0.15) is 17.3 Å². The molecule has 29 heavy (non-hydrogen) atoms. The minimum absolute atomic E-state index is 0.126. The fraction of sp³-hybridized carbons (Fsp3) is 0.176. The smallest absolute Gasteiger partial charge is 0.252 e. The zero-order valence-electron chi connectivity index (χ0n) is 15.8. The van der Waals surface area contributed by atoms with Crippen molar-refractivity contribution in [2.24, 2.45) is 10.2 Å². The van der Waals surface area contributed by atoms with Crippen LogP contribution in [0.25, 0.3) is 5.95 Å². The third-order valence-corrected chi connectivity index (χ3v) is 4.24. The van der Waals surface area contributed by atoms with E-state index in [1.807, 2.05) is 25.1 Å². The molecule has 0 unspecified atom stereocenters. The second kappa shape index (κ2) is 8.03. The van der Waals surface area contributed by atoms with Gasteiger partial charge in [-0.15, -0.1) is 10.2 Å². The lowest BCUT2D eigenvalue weighted by Gasteiger charge is -2.15. The standard InChI is InChI=1S/C17H17N9O2S/c1-25(2)13-5-6-14(15(9-13)24-29(3,27)28)22-23-16-12(10-18)11-21-26(16)17-19-7-4-8-20-17/h4-9,11,24H,1-3H3. The van der Waals surface area contributed by atoms with Crippen LogP contribution in [0, 0.1) is 11.3 Å². The van der Waals surface area contributed by atoms with Gasteiger partial charge in [-0.05, 0) is 24.3 Å². The first-order chi connectivity index (χ1) is 13.8. The maximum absolute atomic E-state index is 11.7. The van der Waals surface area contributed by atoms with E-state index in [1.165, 1.54) is 23.3 Å². The molecule has 0 amide bonds. The van der Waals surface area contributed by atoms with E-state index in [4.69, 9.17) is 0 Å². The first kappa shape index (κ1) is 19.9. The van der Waals surface area contributed by atoms with Crippen LogP contribution in [0.2, 0.25) is 0 Å². The molecule has 0 bridgehead atoms. The molecular weight excluding hydrogens is 394 g/mol. The molecule has 11 nitrogen and oxygen atoms in total. The van der Waals surface area contributed by atoms with E-state index in [2.05, 4.69) is 30.0 Å². The maximum Gasteiger partial charge on any atom is 0.252 e. The lowest BCUT2D eigenvalue weighted by molar-refractivity contribution is 0.607. The van der Waals surface area contributed by atoms with Gasteiger partial charge in [-0.25, -0.2) is 18.4 Å².